The molecule has 0 bridgehead atoms. The van der Waals surface area contributed by atoms with Crippen LogP contribution in [0.3, 0.4) is 0 Å². The van der Waals surface area contributed by atoms with E-state index in [1.807, 2.05) is 50.2 Å². The van der Waals surface area contributed by atoms with Gasteiger partial charge in [0.1, 0.15) is 11.5 Å². The maximum atomic E-state index is 5.92. The average molecular weight is 835 g/mol. The number of hydrogen-bond acceptors (Lipinski definition) is 6. The van der Waals surface area contributed by atoms with Crippen molar-refractivity contribution < 1.29 is 9.47 Å². The normalized spacial score (nSPS) is 10.8. The van der Waals surface area contributed by atoms with Gasteiger partial charge in [0.15, 0.2) is 0 Å². The summed E-state index contributed by atoms with van der Waals surface area (Å²) < 4.78 is 11.8. The minimum absolute atomic E-state index is 0.605. The van der Waals surface area contributed by atoms with E-state index in [1.165, 1.54) is 0 Å². The van der Waals surface area contributed by atoms with Gasteiger partial charge in [0, 0.05) is 80.4 Å². The molecule has 9 rings (SSSR count). The Kier molecular flexibility index (Phi) is 12.6. The van der Waals surface area contributed by atoms with E-state index in [4.69, 9.17) is 9.47 Å². The topological polar surface area (TPSA) is 31.4 Å². The first-order chi connectivity index (χ1) is 31.7. The Hall–Kier alpha value is -8.22. The van der Waals surface area contributed by atoms with Crippen LogP contribution in [0.1, 0.15) is 13.8 Å². The predicted molar refractivity (Wildman–Crippen MR) is 268 cm³/mol. The Bertz CT molecular complexity index is 2660. The Morgan fingerprint density at radius 1 is 0.234 bits per heavy atom. The molecule has 6 heteroatoms. The molecule has 0 aliphatic rings. The average Bonchev–Trinajstić information content (AvgIpc) is 3.35. The molecule has 9 aromatic rings. The molecule has 0 unspecified atom stereocenters. The van der Waals surface area contributed by atoms with Crippen LogP contribution < -0.4 is 29.1 Å². The highest BCUT2D eigenvalue weighted by atomic mass is 16.5. The van der Waals surface area contributed by atoms with Crippen LogP contribution >= 0.6 is 0 Å². The van der Waals surface area contributed by atoms with Crippen LogP contribution in [-0.4, -0.2) is 13.2 Å². The zero-order chi connectivity index (χ0) is 43.5. The van der Waals surface area contributed by atoms with Gasteiger partial charge >= 0.3 is 0 Å². The first-order valence-corrected chi connectivity index (χ1v) is 21.8. The molecule has 0 saturated carbocycles. The maximum Gasteiger partial charge on any atom is 0.121 e. The lowest BCUT2D eigenvalue weighted by atomic mass is 10.1. The summed E-state index contributed by atoms with van der Waals surface area (Å²) in [7, 11) is 0. The standard InChI is InChI=1S/C58H50N4O2/c1-3-63-57-32-18-30-55(43-57)61(47-24-13-7-14-25-47)51-38-34-49(35-39-51)59(45-20-9-5-10-21-45)53-28-17-29-54(42-53)60(46-22-11-6-12-23-46)50-36-40-52(41-37-50)62(48-26-15-8-16-27-48)56-31-19-33-58(44-56)64-4-2/h5-44H,3-4H2,1-2H3. The lowest BCUT2D eigenvalue weighted by molar-refractivity contribution is 0.340. The van der Waals surface area contributed by atoms with Crippen LogP contribution in [0.25, 0.3) is 0 Å². The van der Waals surface area contributed by atoms with Crippen molar-refractivity contribution in [2.45, 2.75) is 13.8 Å². The quantitative estimate of drug-likeness (QED) is 0.0964. The van der Waals surface area contributed by atoms with Crippen molar-refractivity contribution in [1.82, 2.24) is 0 Å². The van der Waals surface area contributed by atoms with Gasteiger partial charge in [-0.15, -0.1) is 0 Å². The van der Waals surface area contributed by atoms with E-state index in [2.05, 4.69) is 226 Å². The van der Waals surface area contributed by atoms with Crippen molar-refractivity contribution in [2.24, 2.45) is 0 Å². The Morgan fingerprint density at radius 2 is 0.453 bits per heavy atom. The number of hydrogen-bond donors (Lipinski definition) is 0. The van der Waals surface area contributed by atoms with Crippen LogP contribution in [0.4, 0.5) is 68.2 Å². The Labute approximate surface area is 377 Å². The van der Waals surface area contributed by atoms with E-state index in [0.717, 1.165) is 79.7 Å². The van der Waals surface area contributed by atoms with Gasteiger partial charge in [0.2, 0.25) is 0 Å². The summed E-state index contributed by atoms with van der Waals surface area (Å²) in [5.41, 5.74) is 12.5. The fourth-order valence-corrected chi connectivity index (χ4v) is 8.13. The molecule has 0 radical (unpaired) electrons. The zero-order valence-electron chi connectivity index (χ0n) is 36.1. The van der Waals surface area contributed by atoms with Crippen LogP contribution in [0.15, 0.2) is 243 Å². The smallest absolute Gasteiger partial charge is 0.121 e. The van der Waals surface area contributed by atoms with E-state index in [1.54, 1.807) is 0 Å². The number of benzene rings is 9. The molecule has 6 nitrogen and oxygen atoms in total. The van der Waals surface area contributed by atoms with Gasteiger partial charge in [-0.3, -0.25) is 0 Å². The largest absolute Gasteiger partial charge is 0.494 e. The molecule has 314 valence electrons. The summed E-state index contributed by atoms with van der Waals surface area (Å²) in [6.45, 7) is 5.23. The number of para-hydroxylation sites is 4. The van der Waals surface area contributed by atoms with Gasteiger partial charge in [0.25, 0.3) is 0 Å². The molecule has 9 aromatic carbocycles. The summed E-state index contributed by atoms with van der Waals surface area (Å²) in [6.07, 6.45) is 0. The highest BCUT2D eigenvalue weighted by Gasteiger charge is 2.20. The molecule has 0 saturated heterocycles. The van der Waals surface area contributed by atoms with Gasteiger partial charge in [-0.25, -0.2) is 0 Å². The third kappa shape index (κ3) is 9.18. The van der Waals surface area contributed by atoms with Crippen molar-refractivity contribution in [2.75, 3.05) is 32.8 Å². The monoisotopic (exact) mass is 834 g/mol. The molecule has 0 heterocycles. The SMILES string of the molecule is CCOc1cccc(N(c2ccccc2)c2ccc(N(c3ccccc3)c3cccc(N(c4ccccc4)c4ccc(N(c5ccccc5)c5cccc(OCC)c5)cc4)c3)cc2)c1. The lowest BCUT2D eigenvalue weighted by Crippen LogP contribution is -2.14. The van der Waals surface area contributed by atoms with Gasteiger partial charge in [-0.1, -0.05) is 91.0 Å². The van der Waals surface area contributed by atoms with Crippen LogP contribution in [0.5, 0.6) is 11.5 Å². The van der Waals surface area contributed by atoms with Crippen molar-refractivity contribution in [3.05, 3.63) is 243 Å². The van der Waals surface area contributed by atoms with Gasteiger partial charge in [-0.05, 0) is 153 Å². The number of anilines is 12. The summed E-state index contributed by atoms with van der Waals surface area (Å²) in [5, 5.41) is 0. The van der Waals surface area contributed by atoms with Crippen molar-refractivity contribution in [3.8, 4) is 11.5 Å². The fourth-order valence-electron chi connectivity index (χ4n) is 8.13. The molecule has 0 aromatic heterocycles. The summed E-state index contributed by atoms with van der Waals surface area (Å²) >= 11 is 0. The third-order valence-electron chi connectivity index (χ3n) is 10.9. The number of nitrogens with zero attached hydrogens (tertiary/aromatic N) is 4. The second-order valence-corrected chi connectivity index (χ2v) is 15.1. The first kappa shape index (κ1) is 41.1. The number of rotatable bonds is 16. The van der Waals surface area contributed by atoms with Gasteiger partial charge < -0.3 is 29.1 Å². The first-order valence-electron chi connectivity index (χ1n) is 21.8. The number of ether oxygens (including phenoxy) is 2. The highest BCUT2D eigenvalue weighted by Crippen LogP contribution is 2.44. The summed E-state index contributed by atoms with van der Waals surface area (Å²) in [5.74, 6) is 1.68. The van der Waals surface area contributed by atoms with Crippen LogP contribution in [0.2, 0.25) is 0 Å². The van der Waals surface area contributed by atoms with E-state index in [9.17, 15) is 0 Å². The molecular formula is C58H50N4O2. The maximum absolute atomic E-state index is 5.92. The Morgan fingerprint density at radius 3 is 0.719 bits per heavy atom. The minimum Gasteiger partial charge on any atom is -0.494 e. The molecule has 0 N–H and O–H groups in total. The molecule has 64 heavy (non-hydrogen) atoms. The molecule has 0 aliphatic heterocycles. The molecule has 0 fully saturated rings. The highest BCUT2D eigenvalue weighted by molar-refractivity contribution is 5.86. The van der Waals surface area contributed by atoms with Crippen molar-refractivity contribution in [3.63, 3.8) is 0 Å². The van der Waals surface area contributed by atoms with Gasteiger partial charge in [0.05, 0.1) is 13.2 Å². The predicted octanol–water partition coefficient (Wildman–Crippen LogP) is 16.4. The summed E-state index contributed by atoms with van der Waals surface area (Å²) in [6, 6.07) is 84.9. The minimum atomic E-state index is 0.605. The molecule has 0 spiro atoms. The Balaban J connectivity index is 1.09. The molecule has 0 amide bonds. The van der Waals surface area contributed by atoms with Crippen molar-refractivity contribution in [1.29, 1.82) is 0 Å². The fraction of sp³-hybridized carbons (Fsp3) is 0.0690. The van der Waals surface area contributed by atoms with E-state index in [-0.39, 0.29) is 0 Å². The van der Waals surface area contributed by atoms with Crippen LogP contribution in [-0.2, 0) is 0 Å². The summed E-state index contributed by atoms with van der Waals surface area (Å²) in [4.78, 5) is 9.16. The van der Waals surface area contributed by atoms with Gasteiger partial charge in [-0.2, -0.15) is 0 Å². The van der Waals surface area contributed by atoms with E-state index < -0.39 is 0 Å². The zero-order valence-corrected chi connectivity index (χ0v) is 36.1. The second kappa shape index (κ2) is 19.7. The lowest BCUT2D eigenvalue weighted by Gasteiger charge is -2.31. The molecule has 0 aliphatic carbocycles. The second-order valence-electron chi connectivity index (χ2n) is 15.1. The van der Waals surface area contributed by atoms with E-state index in [0.29, 0.717) is 13.2 Å². The van der Waals surface area contributed by atoms with E-state index >= 15 is 0 Å². The molecular weight excluding hydrogens is 785 g/mol. The van der Waals surface area contributed by atoms with Crippen molar-refractivity contribution >= 4 is 68.2 Å². The third-order valence-corrected chi connectivity index (χ3v) is 10.9. The molecule has 0 atom stereocenters. The van der Waals surface area contributed by atoms with Crippen LogP contribution in [0, 0.1) is 0 Å².